The Balaban J connectivity index is 2.10. The Labute approximate surface area is 109 Å². The summed E-state index contributed by atoms with van der Waals surface area (Å²) in [6, 6.07) is 9.68. The Hall–Kier alpha value is -2.69. The molecule has 0 aliphatic carbocycles. The average molecular weight is 257 g/mol. The summed E-state index contributed by atoms with van der Waals surface area (Å²) in [5.41, 5.74) is 0.924. The van der Waals surface area contributed by atoms with Gasteiger partial charge in [0.05, 0.1) is 12.7 Å². The maximum Gasteiger partial charge on any atom is 0.337 e. The molecule has 0 bridgehead atoms. The molecule has 0 aliphatic heterocycles. The number of nitrogens with zero attached hydrogens (tertiary/aromatic N) is 1. The second kappa shape index (κ2) is 5.77. The van der Waals surface area contributed by atoms with Gasteiger partial charge in [-0.15, -0.1) is 0 Å². The molecule has 1 heterocycles. The number of esters is 1. The number of carbonyl (C=O) groups excluding carboxylic acids is 2. The van der Waals surface area contributed by atoms with Crippen molar-refractivity contribution in [1.29, 1.82) is 0 Å². The quantitative estimate of drug-likeness (QED) is 0.621. The Morgan fingerprint density at radius 3 is 2.42 bits per heavy atom. The van der Waals surface area contributed by atoms with Crippen LogP contribution in [-0.2, 0) is 4.74 Å². The second-order valence-electron chi connectivity index (χ2n) is 3.67. The molecular weight excluding hydrogens is 246 g/mol. The first kappa shape index (κ1) is 12.8. The molecule has 1 aromatic carbocycles. The summed E-state index contributed by atoms with van der Waals surface area (Å²) in [6.45, 7) is 0. The Bertz CT molecular complexity index is 575. The highest BCUT2D eigenvalue weighted by atomic mass is 16.5. The van der Waals surface area contributed by atoms with Crippen molar-refractivity contribution < 1.29 is 19.1 Å². The van der Waals surface area contributed by atoms with Gasteiger partial charge in [0, 0.05) is 17.8 Å². The molecule has 0 unspecified atom stereocenters. The molecule has 0 aliphatic rings. The maximum atomic E-state index is 11.2. The smallest absolute Gasteiger partial charge is 0.337 e. The molecule has 0 N–H and O–H groups in total. The van der Waals surface area contributed by atoms with Crippen molar-refractivity contribution >= 4 is 12.3 Å². The molecule has 5 heteroatoms. The van der Waals surface area contributed by atoms with E-state index in [4.69, 9.17) is 4.74 Å². The van der Waals surface area contributed by atoms with E-state index in [9.17, 15) is 9.59 Å². The standard InChI is InChI=1S/C14H11NO4/c1-18-14(17)11-3-5-12(6-4-11)19-13-7-2-10(9-16)8-15-13/h2-9H,1H3. The molecule has 0 radical (unpaired) electrons. The van der Waals surface area contributed by atoms with Crippen molar-refractivity contribution in [1.82, 2.24) is 4.98 Å². The average Bonchev–Trinajstić information content (AvgIpc) is 2.48. The van der Waals surface area contributed by atoms with E-state index in [2.05, 4.69) is 9.72 Å². The van der Waals surface area contributed by atoms with Gasteiger partial charge < -0.3 is 9.47 Å². The van der Waals surface area contributed by atoms with Crippen LogP contribution in [0.2, 0.25) is 0 Å². The highest BCUT2D eigenvalue weighted by molar-refractivity contribution is 5.89. The van der Waals surface area contributed by atoms with E-state index in [1.807, 2.05) is 0 Å². The normalized spacial score (nSPS) is 9.74. The summed E-state index contributed by atoms with van der Waals surface area (Å²) >= 11 is 0. The third-order valence-corrected chi connectivity index (χ3v) is 2.39. The molecule has 2 rings (SSSR count). The predicted octanol–water partition coefficient (Wildman–Crippen LogP) is 2.47. The summed E-state index contributed by atoms with van der Waals surface area (Å²) in [5, 5.41) is 0. The van der Waals surface area contributed by atoms with Crippen LogP contribution in [0.25, 0.3) is 0 Å². The molecule has 0 saturated heterocycles. The van der Waals surface area contributed by atoms with Crippen LogP contribution < -0.4 is 4.74 Å². The highest BCUT2D eigenvalue weighted by Crippen LogP contribution is 2.19. The lowest BCUT2D eigenvalue weighted by Crippen LogP contribution is -2.00. The number of methoxy groups -OCH3 is 1. The molecule has 5 nitrogen and oxygen atoms in total. The van der Waals surface area contributed by atoms with E-state index in [1.165, 1.54) is 13.3 Å². The molecule has 96 valence electrons. The van der Waals surface area contributed by atoms with Crippen LogP contribution in [0.3, 0.4) is 0 Å². The zero-order valence-electron chi connectivity index (χ0n) is 10.2. The minimum atomic E-state index is -0.403. The molecule has 0 fully saturated rings. The minimum absolute atomic E-state index is 0.372. The number of aromatic nitrogens is 1. The van der Waals surface area contributed by atoms with Crippen molar-refractivity contribution in [3.8, 4) is 11.6 Å². The molecule has 2 aromatic rings. The number of hydrogen-bond acceptors (Lipinski definition) is 5. The summed E-state index contributed by atoms with van der Waals surface area (Å²) in [7, 11) is 1.32. The number of ether oxygens (including phenoxy) is 2. The molecule has 0 spiro atoms. The number of aldehydes is 1. The Morgan fingerprint density at radius 1 is 1.16 bits per heavy atom. The number of hydrogen-bond donors (Lipinski definition) is 0. The maximum absolute atomic E-state index is 11.2. The topological polar surface area (TPSA) is 65.5 Å². The first-order valence-electron chi connectivity index (χ1n) is 5.50. The summed E-state index contributed by atoms with van der Waals surface area (Å²) in [5.74, 6) is 0.510. The Kier molecular flexibility index (Phi) is 3.87. The third-order valence-electron chi connectivity index (χ3n) is 2.39. The molecular formula is C14H11NO4. The van der Waals surface area contributed by atoms with Gasteiger partial charge in [0.15, 0.2) is 6.29 Å². The van der Waals surface area contributed by atoms with Gasteiger partial charge in [-0.1, -0.05) is 0 Å². The lowest BCUT2D eigenvalue weighted by atomic mass is 10.2. The number of pyridine rings is 1. The van der Waals surface area contributed by atoms with Crippen LogP contribution in [0.15, 0.2) is 42.6 Å². The summed E-state index contributed by atoms with van der Waals surface area (Å²) < 4.78 is 10.1. The second-order valence-corrected chi connectivity index (χ2v) is 3.67. The predicted molar refractivity (Wildman–Crippen MR) is 67.5 cm³/mol. The largest absolute Gasteiger partial charge is 0.465 e. The lowest BCUT2D eigenvalue weighted by Gasteiger charge is -2.05. The van der Waals surface area contributed by atoms with Crippen molar-refractivity contribution in [2.45, 2.75) is 0 Å². The number of carbonyl (C=O) groups is 2. The minimum Gasteiger partial charge on any atom is -0.465 e. The lowest BCUT2D eigenvalue weighted by molar-refractivity contribution is 0.0600. The van der Waals surface area contributed by atoms with Crippen molar-refractivity contribution in [2.24, 2.45) is 0 Å². The zero-order valence-corrected chi connectivity index (χ0v) is 10.2. The van der Waals surface area contributed by atoms with Gasteiger partial charge in [-0.3, -0.25) is 4.79 Å². The van der Waals surface area contributed by atoms with Crippen molar-refractivity contribution in [3.05, 3.63) is 53.7 Å². The fourth-order valence-electron chi connectivity index (χ4n) is 1.42. The van der Waals surface area contributed by atoms with Crippen molar-refractivity contribution in [2.75, 3.05) is 7.11 Å². The van der Waals surface area contributed by atoms with Crippen molar-refractivity contribution in [3.63, 3.8) is 0 Å². The van der Waals surface area contributed by atoms with Gasteiger partial charge >= 0.3 is 5.97 Å². The first-order chi connectivity index (χ1) is 9.22. The SMILES string of the molecule is COC(=O)c1ccc(Oc2ccc(C=O)cn2)cc1. The van der Waals surface area contributed by atoms with E-state index < -0.39 is 5.97 Å². The summed E-state index contributed by atoms with van der Waals surface area (Å²) in [6.07, 6.45) is 2.13. The van der Waals surface area contributed by atoms with Gasteiger partial charge in [-0.25, -0.2) is 9.78 Å². The van der Waals surface area contributed by atoms with Gasteiger partial charge in [0.1, 0.15) is 5.75 Å². The van der Waals surface area contributed by atoms with Gasteiger partial charge in [0.25, 0.3) is 0 Å². The van der Waals surface area contributed by atoms with E-state index in [0.29, 0.717) is 29.0 Å². The first-order valence-corrected chi connectivity index (χ1v) is 5.50. The van der Waals surface area contributed by atoms with Crippen LogP contribution in [0.1, 0.15) is 20.7 Å². The van der Waals surface area contributed by atoms with E-state index in [0.717, 1.165) is 0 Å². The molecule has 1 aromatic heterocycles. The zero-order chi connectivity index (χ0) is 13.7. The summed E-state index contributed by atoms with van der Waals surface area (Å²) in [4.78, 5) is 25.7. The van der Waals surface area contributed by atoms with Gasteiger partial charge in [0.2, 0.25) is 5.88 Å². The van der Waals surface area contributed by atoms with Gasteiger partial charge in [-0.2, -0.15) is 0 Å². The monoisotopic (exact) mass is 257 g/mol. The van der Waals surface area contributed by atoms with E-state index in [1.54, 1.807) is 36.4 Å². The van der Waals surface area contributed by atoms with Crippen LogP contribution in [0.4, 0.5) is 0 Å². The number of benzene rings is 1. The van der Waals surface area contributed by atoms with Gasteiger partial charge in [-0.05, 0) is 30.3 Å². The van der Waals surface area contributed by atoms with Crippen LogP contribution in [0, 0.1) is 0 Å². The van der Waals surface area contributed by atoms with Crippen LogP contribution in [0.5, 0.6) is 11.6 Å². The van der Waals surface area contributed by atoms with E-state index in [-0.39, 0.29) is 0 Å². The van der Waals surface area contributed by atoms with Crippen LogP contribution in [-0.4, -0.2) is 24.3 Å². The molecule has 0 saturated carbocycles. The highest BCUT2D eigenvalue weighted by Gasteiger charge is 2.05. The molecule has 0 atom stereocenters. The fourth-order valence-corrected chi connectivity index (χ4v) is 1.42. The third kappa shape index (κ3) is 3.16. The Morgan fingerprint density at radius 2 is 1.89 bits per heavy atom. The molecule has 0 amide bonds. The number of rotatable bonds is 4. The van der Waals surface area contributed by atoms with Crippen LogP contribution >= 0.6 is 0 Å². The fraction of sp³-hybridized carbons (Fsp3) is 0.0714. The molecule has 19 heavy (non-hydrogen) atoms. The van der Waals surface area contributed by atoms with E-state index >= 15 is 0 Å².